The lowest BCUT2D eigenvalue weighted by molar-refractivity contribution is -0.148. The highest BCUT2D eigenvalue weighted by atomic mass is 16.5. The van der Waals surface area contributed by atoms with E-state index in [1.54, 1.807) is 0 Å². The summed E-state index contributed by atoms with van der Waals surface area (Å²) < 4.78 is 4.88. The molecule has 0 aliphatic heterocycles. The summed E-state index contributed by atoms with van der Waals surface area (Å²) in [5.41, 5.74) is -0.398. The van der Waals surface area contributed by atoms with Crippen LogP contribution in [0.1, 0.15) is 25.7 Å². The molecule has 0 aromatic carbocycles. The van der Waals surface area contributed by atoms with Crippen molar-refractivity contribution in [2.75, 3.05) is 34.3 Å². The molecule has 1 aliphatic rings. The molecule has 0 amide bonds. The van der Waals surface area contributed by atoms with E-state index in [-0.39, 0.29) is 5.97 Å². The average Bonchev–Trinajstić information content (AvgIpc) is 2.66. The fraction of sp³-hybridized carbons (Fsp3) is 0.909. The van der Waals surface area contributed by atoms with Gasteiger partial charge in [0.2, 0.25) is 0 Å². The number of hydrogen-bond acceptors (Lipinski definition) is 4. The number of esters is 1. The molecule has 1 saturated carbocycles. The number of rotatable bonds is 5. The molecule has 0 aromatic rings. The maximum atomic E-state index is 11.7. The van der Waals surface area contributed by atoms with Crippen LogP contribution in [0.5, 0.6) is 0 Å². The van der Waals surface area contributed by atoms with Crippen LogP contribution in [-0.4, -0.2) is 50.7 Å². The highest BCUT2D eigenvalue weighted by Gasteiger charge is 2.41. The molecule has 1 rings (SSSR count). The van der Waals surface area contributed by atoms with Gasteiger partial charge in [0, 0.05) is 13.1 Å². The molecule has 0 unspecified atom stereocenters. The topological polar surface area (TPSA) is 41.6 Å². The number of likely N-dealkylation sites (N-methyl/N-ethyl adjacent to an activating group) is 1. The Morgan fingerprint density at radius 2 is 2.00 bits per heavy atom. The maximum absolute atomic E-state index is 11.7. The smallest absolute Gasteiger partial charge is 0.326 e. The van der Waals surface area contributed by atoms with Crippen molar-refractivity contribution in [2.24, 2.45) is 0 Å². The first-order chi connectivity index (χ1) is 7.10. The molecule has 1 N–H and O–H groups in total. The zero-order valence-electron chi connectivity index (χ0n) is 10.0. The summed E-state index contributed by atoms with van der Waals surface area (Å²) in [6.07, 6.45) is 4.05. The zero-order valence-corrected chi connectivity index (χ0v) is 10.0. The van der Waals surface area contributed by atoms with Gasteiger partial charge in [-0.2, -0.15) is 0 Å². The Kier molecular flexibility index (Phi) is 4.54. The molecule has 4 heteroatoms. The zero-order chi connectivity index (χ0) is 11.3. The van der Waals surface area contributed by atoms with Gasteiger partial charge in [-0.1, -0.05) is 12.8 Å². The number of nitrogens with zero attached hydrogens (tertiary/aromatic N) is 1. The normalized spacial score (nSPS) is 19.5. The van der Waals surface area contributed by atoms with E-state index in [0.29, 0.717) is 0 Å². The first kappa shape index (κ1) is 12.5. The molecule has 0 bridgehead atoms. The van der Waals surface area contributed by atoms with Gasteiger partial charge in [0.1, 0.15) is 5.54 Å². The van der Waals surface area contributed by atoms with Crippen LogP contribution < -0.4 is 5.32 Å². The van der Waals surface area contributed by atoms with Crippen LogP contribution in [0.2, 0.25) is 0 Å². The van der Waals surface area contributed by atoms with Crippen molar-refractivity contribution < 1.29 is 9.53 Å². The Labute approximate surface area is 92.0 Å². The first-order valence-electron chi connectivity index (χ1n) is 5.59. The molecule has 0 spiro atoms. The molecular formula is C11H22N2O2. The fourth-order valence-electron chi connectivity index (χ4n) is 2.15. The van der Waals surface area contributed by atoms with Gasteiger partial charge >= 0.3 is 5.97 Å². The van der Waals surface area contributed by atoms with Crippen molar-refractivity contribution in [3.8, 4) is 0 Å². The summed E-state index contributed by atoms with van der Waals surface area (Å²) in [4.78, 5) is 13.8. The number of methoxy groups -OCH3 is 1. The Balaban J connectivity index is 2.47. The summed E-state index contributed by atoms with van der Waals surface area (Å²) in [5.74, 6) is -0.0984. The van der Waals surface area contributed by atoms with Crippen molar-refractivity contribution in [3.63, 3.8) is 0 Å². The summed E-state index contributed by atoms with van der Waals surface area (Å²) in [5, 5.41) is 3.36. The van der Waals surface area contributed by atoms with Crippen LogP contribution in [-0.2, 0) is 9.53 Å². The number of nitrogens with one attached hydrogen (secondary N) is 1. The molecule has 15 heavy (non-hydrogen) atoms. The minimum atomic E-state index is -0.398. The van der Waals surface area contributed by atoms with E-state index in [4.69, 9.17) is 4.74 Å². The van der Waals surface area contributed by atoms with E-state index < -0.39 is 5.54 Å². The van der Waals surface area contributed by atoms with Crippen LogP contribution in [0.15, 0.2) is 0 Å². The average molecular weight is 214 g/mol. The Hall–Kier alpha value is -0.610. The summed E-state index contributed by atoms with van der Waals surface area (Å²) in [7, 11) is 5.53. The van der Waals surface area contributed by atoms with Crippen LogP contribution in [0.4, 0.5) is 0 Å². The van der Waals surface area contributed by atoms with Gasteiger partial charge in [-0.3, -0.25) is 4.79 Å². The first-order valence-corrected chi connectivity index (χ1v) is 5.59. The lowest BCUT2D eigenvalue weighted by Crippen LogP contribution is -2.52. The van der Waals surface area contributed by atoms with Crippen molar-refractivity contribution in [1.29, 1.82) is 0 Å². The number of ether oxygens (including phenoxy) is 1. The quantitative estimate of drug-likeness (QED) is 0.681. The van der Waals surface area contributed by atoms with Crippen LogP contribution in [0.25, 0.3) is 0 Å². The van der Waals surface area contributed by atoms with Crippen LogP contribution in [0.3, 0.4) is 0 Å². The molecule has 0 saturated heterocycles. The minimum Gasteiger partial charge on any atom is -0.468 e. The van der Waals surface area contributed by atoms with E-state index in [2.05, 4.69) is 10.2 Å². The third-order valence-corrected chi connectivity index (χ3v) is 3.06. The standard InChI is InChI=1S/C11H22N2O2/c1-13(2)9-8-12-11(10(14)15-3)6-4-5-7-11/h12H,4-9H2,1-3H3. The van der Waals surface area contributed by atoms with Gasteiger partial charge in [-0.25, -0.2) is 0 Å². The fourth-order valence-corrected chi connectivity index (χ4v) is 2.15. The summed E-state index contributed by atoms with van der Waals surface area (Å²) >= 11 is 0. The van der Waals surface area contributed by atoms with Crippen LogP contribution >= 0.6 is 0 Å². The van der Waals surface area contributed by atoms with Gasteiger partial charge in [0.05, 0.1) is 7.11 Å². The van der Waals surface area contributed by atoms with Gasteiger partial charge in [0.25, 0.3) is 0 Å². The predicted molar refractivity (Wildman–Crippen MR) is 59.8 cm³/mol. The van der Waals surface area contributed by atoms with Gasteiger partial charge in [-0.15, -0.1) is 0 Å². The third kappa shape index (κ3) is 3.18. The van der Waals surface area contributed by atoms with E-state index in [1.807, 2.05) is 14.1 Å². The molecule has 0 heterocycles. The predicted octanol–water partition coefficient (Wildman–Crippen LogP) is 0.623. The van der Waals surface area contributed by atoms with Crippen molar-refractivity contribution in [1.82, 2.24) is 10.2 Å². The summed E-state index contributed by atoms with van der Waals surface area (Å²) in [6, 6.07) is 0. The Morgan fingerprint density at radius 3 is 2.47 bits per heavy atom. The largest absolute Gasteiger partial charge is 0.468 e. The monoisotopic (exact) mass is 214 g/mol. The second-order valence-electron chi connectivity index (χ2n) is 4.51. The van der Waals surface area contributed by atoms with E-state index >= 15 is 0 Å². The molecule has 0 aromatic heterocycles. The van der Waals surface area contributed by atoms with E-state index in [9.17, 15) is 4.79 Å². The molecule has 4 nitrogen and oxygen atoms in total. The SMILES string of the molecule is COC(=O)C1(NCCN(C)C)CCCC1. The lowest BCUT2D eigenvalue weighted by Gasteiger charge is -2.27. The van der Waals surface area contributed by atoms with Gasteiger partial charge < -0.3 is 15.0 Å². The van der Waals surface area contributed by atoms with Crippen molar-refractivity contribution in [2.45, 2.75) is 31.2 Å². The third-order valence-electron chi connectivity index (χ3n) is 3.06. The highest BCUT2D eigenvalue weighted by molar-refractivity contribution is 5.81. The molecular weight excluding hydrogens is 192 g/mol. The van der Waals surface area contributed by atoms with Crippen LogP contribution in [0, 0.1) is 0 Å². The Morgan fingerprint density at radius 1 is 1.40 bits per heavy atom. The van der Waals surface area contributed by atoms with Gasteiger partial charge in [-0.05, 0) is 26.9 Å². The van der Waals surface area contributed by atoms with E-state index in [0.717, 1.165) is 38.8 Å². The number of hydrogen-bond donors (Lipinski definition) is 1. The second kappa shape index (κ2) is 5.47. The van der Waals surface area contributed by atoms with Gasteiger partial charge in [0.15, 0.2) is 0 Å². The second-order valence-corrected chi connectivity index (χ2v) is 4.51. The minimum absolute atomic E-state index is 0.0984. The highest BCUT2D eigenvalue weighted by Crippen LogP contribution is 2.30. The molecule has 1 fully saturated rings. The molecule has 1 aliphatic carbocycles. The van der Waals surface area contributed by atoms with Crippen molar-refractivity contribution >= 4 is 5.97 Å². The lowest BCUT2D eigenvalue weighted by atomic mass is 9.98. The molecule has 88 valence electrons. The van der Waals surface area contributed by atoms with E-state index in [1.165, 1.54) is 7.11 Å². The Bertz CT molecular complexity index is 211. The number of carbonyl (C=O) groups excluding carboxylic acids is 1. The van der Waals surface area contributed by atoms with Crippen molar-refractivity contribution in [3.05, 3.63) is 0 Å². The molecule has 0 atom stereocenters. The summed E-state index contributed by atoms with van der Waals surface area (Å²) in [6.45, 7) is 1.78. The maximum Gasteiger partial charge on any atom is 0.326 e. The molecule has 0 radical (unpaired) electrons. The number of carbonyl (C=O) groups is 1.